The van der Waals surface area contributed by atoms with Crippen LogP contribution < -0.4 is 0 Å². The van der Waals surface area contributed by atoms with Crippen LogP contribution in [0.3, 0.4) is 0 Å². The second-order valence-electron chi connectivity index (χ2n) is 7.00. The van der Waals surface area contributed by atoms with Gasteiger partial charge in [0.15, 0.2) is 0 Å². The zero-order valence-corrected chi connectivity index (χ0v) is 14.8. The molecule has 1 atom stereocenters. The number of carbonyl (C=O) groups excluding carboxylic acids is 1. The fraction of sp³-hybridized carbons (Fsp3) is 0.632. The van der Waals surface area contributed by atoms with E-state index in [1.54, 1.807) is 0 Å². The number of piperidine rings is 1. The van der Waals surface area contributed by atoms with Gasteiger partial charge in [-0.2, -0.15) is 13.2 Å². The first-order valence-corrected chi connectivity index (χ1v) is 9.24. The van der Waals surface area contributed by atoms with Crippen LogP contribution in [-0.4, -0.2) is 61.1 Å². The van der Waals surface area contributed by atoms with Gasteiger partial charge in [0.1, 0.15) is 0 Å². The van der Waals surface area contributed by atoms with E-state index >= 15 is 0 Å². The molecule has 0 spiro atoms. The smallest absolute Gasteiger partial charge is 0.375 e. The van der Waals surface area contributed by atoms with Crippen molar-refractivity contribution < 1.29 is 22.7 Å². The molecule has 2 heterocycles. The predicted molar refractivity (Wildman–Crippen MR) is 92.0 cm³/mol. The van der Waals surface area contributed by atoms with E-state index in [4.69, 9.17) is 4.74 Å². The van der Waals surface area contributed by atoms with Crippen molar-refractivity contribution in [2.75, 3.05) is 39.3 Å². The molecule has 0 bridgehead atoms. The molecule has 26 heavy (non-hydrogen) atoms. The Kier molecular flexibility index (Phi) is 6.19. The van der Waals surface area contributed by atoms with Crippen molar-refractivity contribution in [3.8, 4) is 0 Å². The summed E-state index contributed by atoms with van der Waals surface area (Å²) in [5.41, 5.74) is -1.15. The molecule has 2 aliphatic rings. The molecular weight excluding hydrogens is 345 g/mol. The van der Waals surface area contributed by atoms with Gasteiger partial charge in [0.25, 0.3) is 5.91 Å². The average molecular weight is 370 g/mol. The Morgan fingerprint density at radius 2 is 1.81 bits per heavy atom. The lowest BCUT2D eigenvalue weighted by Gasteiger charge is -2.31. The number of hydrogen-bond acceptors (Lipinski definition) is 3. The quantitative estimate of drug-likeness (QED) is 0.817. The van der Waals surface area contributed by atoms with E-state index in [9.17, 15) is 18.0 Å². The highest BCUT2D eigenvalue weighted by Gasteiger charge is 2.36. The van der Waals surface area contributed by atoms with Crippen LogP contribution in [-0.2, 0) is 10.9 Å². The van der Waals surface area contributed by atoms with Crippen molar-refractivity contribution in [3.05, 3.63) is 35.4 Å². The number of ether oxygens (including phenoxy) is 1. The van der Waals surface area contributed by atoms with Crippen molar-refractivity contribution in [2.24, 2.45) is 0 Å². The van der Waals surface area contributed by atoms with Gasteiger partial charge in [-0.15, -0.1) is 0 Å². The summed E-state index contributed by atoms with van der Waals surface area (Å²) in [5, 5.41) is 0. The van der Waals surface area contributed by atoms with E-state index in [1.165, 1.54) is 29.5 Å². The molecule has 0 N–H and O–H groups in total. The third-order valence-corrected chi connectivity index (χ3v) is 5.01. The Morgan fingerprint density at radius 3 is 2.54 bits per heavy atom. The molecule has 2 aliphatic heterocycles. The molecule has 0 saturated carbocycles. The summed E-state index contributed by atoms with van der Waals surface area (Å²) in [6.07, 6.45) is -0.501. The molecule has 1 aromatic carbocycles. The summed E-state index contributed by atoms with van der Waals surface area (Å²) in [5.74, 6) is -0.563. The molecule has 7 heteroatoms. The van der Waals surface area contributed by atoms with Crippen LogP contribution in [0.5, 0.6) is 0 Å². The standard InChI is InChI=1S/C19H25F3N2O2/c20-19(21,22)17-8-3-2-7-16(17)18(25)24-11-6-12-26-15(14-24)13-23-9-4-1-5-10-23/h2-3,7-8,15H,1,4-6,9-14H2/t15-/m0/s1. The number of amides is 1. The van der Waals surface area contributed by atoms with Crippen LogP contribution in [0.2, 0.25) is 0 Å². The zero-order valence-electron chi connectivity index (χ0n) is 14.8. The predicted octanol–water partition coefficient (Wildman–Crippen LogP) is 3.42. The van der Waals surface area contributed by atoms with E-state index < -0.39 is 17.6 Å². The van der Waals surface area contributed by atoms with E-state index in [2.05, 4.69) is 4.90 Å². The van der Waals surface area contributed by atoms with Gasteiger partial charge in [-0.25, -0.2) is 0 Å². The molecule has 1 aromatic rings. The summed E-state index contributed by atoms with van der Waals surface area (Å²) in [6.45, 7) is 4.05. The molecular formula is C19H25F3N2O2. The number of rotatable bonds is 3. The van der Waals surface area contributed by atoms with E-state index in [1.807, 2.05) is 0 Å². The van der Waals surface area contributed by atoms with E-state index in [-0.39, 0.29) is 11.7 Å². The van der Waals surface area contributed by atoms with Crippen molar-refractivity contribution in [1.29, 1.82) is 0 Å². The van der Waals surface area contributed by atoms with Gasteiger partial charge in [0.05, 0.1) is 17.2 Å². The number of likely N-dealkylation sites (tertiary alicyclic amines) is 1. The van der Waals surface area contributed by atoms with Crippen LogP contribution in [0.15, 0.2) is 24.3 Å². The Bertz CT molecular complexity index is 615. The minimum Gasteiger partial charge on any atom is -0.375 e. The van der Waals surface area contributed by atoms with Crippen molar-refractivity contribution in [1.82, 2.24) is 9.80 Å². The molecule has 2 fully saturated rings. The molecule has 1 amide bonds. The number of benzene rings is 1. The summed E-state index contributed by atoms with van der Waals surface area (Å²) in [6, 6.07) is 5.01. The molecule has 2 saturated heterocycles. The lowest BCUT2D eigenvalue weighted by Crippen LogP contribution is -2.44. The normalized spacial score (nSPS) is 22.9. The fourth-order valence-electron chi connectivity index (χ4n) is 3.71. The molecule has 4 nitrogen and oxygen atoms in total. The lowest BCUT2D eigenvalue weighted by molar-refractivity contribution is -0.138. The second-order valence-corrected chi connectivity index (χ2v) is 7.00. The monoisotopic (exact) mass is 370 g/mol. The lowest BCUT2D eigenvalue weighted by atomic mass is 10.1. The maximum atomic E-state index is 13.2. The summed E-state index contributed by atoms with van der Waals surface area (Å²) in [7, 11) is 0. The Hall–Kier alpha value is -1.60. The number of hydrogen-bond donors (Lipinski definition) is 0. The maximum absolute atomic E-state index is 13.2. The molecule has 0 unspecified atom stereocenters. The van der Waals surface area contributed by atoms with Crippen LogP contribution in [0, 0.1) is 0 Å². The van der Waals surface area contributed by atoms with Crippen LogP contribution >= 0.6 is 0 Å². The second kappa shape index (κ2) is 8.39. The van der Waals surface area contributed by atoms with Gasteiger partial charge >= 0.3 is 6.18 Å². The molecule has 0 radical (unpaired) electrons. The SMILES string of the molecule is O=C(c1ccccc1C(F)(F)F)N1CCCO[C@@H](CN2CCCCC2)C1. The number of carbonyl (C=O) groups is 1. The van der Waals surface area contributed by atoms with E-state index in [0.717, 1.165) is 38.5 Å². The fourth-order valence-corrected chi connectivity index (χ4v) is 3.71. The Balaban J connectivity index is 1.72. The highest BCUT2D eigenvalue weighted by atomic mass is 19.4. The van der Waals surface area contributed by atoms with Crippen molar-refractivity contribution in [2.45, 2.75) is 38.0 Å². The number of alkyl halides is 3. The van der Waals surface area contributed by atoms with Gasteiger partial charge in [-0.05, 0) is 44.5 Å². The number of halogens is 3. The van der Waals surface area contributed by atoms with Crippen molar-refractivity contribution >= 4 is 5.91 Å². The first-order chi connectivity index (χ1) is 12.4. The van der Waals surface area contributed by atoms with Gasteiger partial charge in [-0.1, -0.05) is 18.6 Å². The van der Waals surface area contributed by atoms with Gasteiger partial charge in [-0.3, -0.25) is 4.79 Å². The Morgan fingerprint density at radius 1 is 1.08 bits per heavy atom. The van der Waals surface area contributed by atoms with Crippen molar-refractivity contribution in [3.63, 3.8) is 0 Å². The topological polar surface area (TPSA) is 32.8 Å². The van der Waals surface area contributed by atoms with Gasteiger partial charge < -0.3 is 14.5 Å². The first-order valence-electron chi connectivity index (χ1n) is 9.24. The largest absolute Gasteiger partial charge is 0.417 e. The minimum atomic E-state index is -4.54. The third-order valence-electron chi connectivity index (χ3n) is 5.01. The molecule has 0 aliphatic carbocycles. The molecule has 3 rings (SSSR count). The highest BCUT2D eigenvalue weighted by molar-refractivity contribution is 5.96. The molecule has 0 aromatic heterocycles. The minimum absolute atomic E-state index is 0.155. The van der Waals surface area contributed by atoms with Gasteiger partial charge in [0, 0.05) is 26.2 Å². The highest BCUT2D eigenvalue weighted by Crippen LogP contribution is 2.32. The summed E-state index contributed by atoms with van der Waals surface area (Å²) >= 11 is 0. The first kappa shape index (κ1) is 19.2. The van der Waals surface area contributed by atoms with Gasteiger partial charge in [0.2, 0.25) is 0 Å². The molecule has 144 valence electrons. The summed E-state index contributed by atoms with van der Waals surface area (Å²) < 4.78 is 45.6. The summed E-state index contributed by atoms with van der Waals surface area (Å²) in [4.78, 5) is 16.7. The van der Waals surface area contributed by atoms with Crippen LogP contribution in [0.25, 0.3) is 0 Å². The zero-order chi connectivity index (χ0) is 18.6. The van der Waals surface area contributed by atoms with Crippen LogP contribution in [0.1, 0.15) is 41.6 Å². The number of nitrogens with zero attached hydrogens (tertiary/aromatic N) is 2. The Labute approximate surface area is 151 Å². The average Bonchev–Trinajstić information content (AvgIpc) is 2.87. The van der Waals surface area contributed by atoms with Crippen LogP contribution in [0.4, 0.5) is 13.2 Å². The third kappa shape index (κ3) is 4.76. The van der Waals surface area contributed by atoms with E-state index in [0.29, 0.717) is 26.1 Å². The maximum Gasteiger partial charge on any atom is 0.417 e.